The summed E-state index contributed by atoms with van der Waals surface area (Å²) in [7, 11) is 0. The first-order valence-corrected chi connectivity index (χ1v) is 10.3. The third-order valence-corrected chi connectivity index (χ3v) is 14.4. The molecule has 12 saturated carbocycles. The molecule has 18 atom stereocenters. The molecular weight excluding hydrogens is 252 g/mol. The van der Waals surface area contributed by atoms with Gasteiger partial charge in [0, 0.05) is 0 Å². The van der Waals surface area contributed by atoms with Gasteiger partial charge in [0.05, 0.1) is 0 Å². The Labute approximate surface area is 125 Å². The van der Waals surface area contributed by atoms with E-state index >= 15 is 0 Å². The Bertz CT molecular complexity index is 721. The smallest absolute Gasteiger partial charge is 0.0111 e. The Morgan fingerprint density at radius 2 is 1.10 bits per heavy atom. The summed E-state index contributed by atoms with van der Waals surface area (Å²) in [5.74, 6) is 19.4. The number of hydrogen-bond donors (Lipinski definition) is 0. The van der Waals surface area contributed by atoms with E-state index < -0.39 is 0 Å². The fourth-order valence-corrected chi connectivity index (χ4v) is 16.8. The summed E-state index contributed by atoms with van der Waals surface area (Å²) in [5.41, 5.74) is 2.87. The molecule has 4 bridgehead atoms. The molecular formula is C21H22. The molecule has 12 fully saturated rings. The highest BCUT2D eigenvalue weighted by Gasteiger charge is 3.10. The van der Waals surface area contributed by atoms with Crippen molar-refractivity contribution < 1.29 is 0 Å². The second kappa shape index (κ2) is 1.71. The Kier molecular flexibility index (Phi) is 0.711. The van der Waals surface area contributed by atoms with Crippen LogP contribution in [-0.4, -0.2) is 0 Å². The van der Waals surface area contributed by atoms with Crippen LogP contribution in [0.25, 0.3) is 0 Å². The standard InChI is InChI=1S/C21H22/c1-19-16-10-6-2-4-8(10)12-14(16)15-13-9-5-3-7(11(9)17(15)19)21(6,19)20(4,5)18(12)13/h4-18H,2-3H2,1H3/t4-,5+,6-,7+,8-,9-,10+,11+,12+,13-,14-,15-,16-,17-,18?,19?,20?,21?/m0/s1. The van der Waals surface area contributed by atoms with Gasteiger partial charge in [-0.3, -0.25) is 0 Å². The van der Waals surface area contributed by atoms with E-state index in [1.807, 2.05) is 0 Å². The molecule has 106 valence electrons. The van der Waals surface area contributed by atoms with Crippen molar-refractivity contribution in [3.05, 3.63) is 0 Å². The SMILES string of the molecule is CC12[C@H]3[C@H]4[C@H]5[C@@H]6C7[C@@H]8[C@@H]9[C@H]([C@H]1[C@@H]8[C@H]63)[C@@H]1C[C@@H]9C73[C@@H]5C[C@H]4C123. The molecule has 0 aromatic rings. The summed E-state index contributed by atoms with van der Waals surface area (Å²) in [4.78, 5) is 0. The highest BCUT2D eigenvalue weighted by molar-refractivity contribution is 5.56. The molecule has 0 heterocycles. The molecule has 0 radical (unpaired) electrons. The van der Waals surface area contributed by atoms with E-state index in [9.17, 15) is 0 Å². The molecule has 0 aliphatic heterocycles. The second-order valence-corrected chi connectivity index (χ2v) is 12.2. The molecule has 12 rings (SSSR count). The van der Waals surface area contributed by atoms with Crippen LogP contribution in [0.1, 0.15) is 19.8 Å². The maximum absolute atomic E-state index is 2.94. The molecule has 0 aromatic carbocycles. The third kappa shape index (κ3) is 0.350. The third-order valence-electron chi connectivity index (χ3n) is 14.4. The largest absolute Gasteiger partial charge is 0.0585 e. The molecule has 21 heavy (non-hydrogen) atoms. The normalized spacial score (nSPS) is 107. The lowest BCUT2D eigenvalue weighted by Gasteiger charge is -2.55. The minimum absolute atomic E-state index is 0.898. The number of hydrogen-bond acceptors (Lipinski definition) is 0. The molecule has 0 saturated heterocycles. The van der Waals surface area contributed by atoms with Crippen molar-refractivity contribution in [2.24, 2.45) is 105 Å². The van der Waals surface area contributed by atoms with E-state index in [0.29, 0.717) is 0 Å². The molecule has 0 nitrogen and oxygen atoms in total. The van der Waals surface area contributed by atoms with E-state index in [1.165, 1.54) is 88.8 Å². The lowest BCUT2D eigenvalue weighted by molar-refractivity contribution is -0.0913. The topological polar surface area (TPSA) is 0 Å². The molecule has 2 spiro atoms. The fraction of sp³-hybridized carbons (Fsp3) is 1.00. The van der Waals surface area contributed by atoms with Gasteiger partial charge in [-0.1, -0.05) is 6.92 Å². The van der Waals surface area contributed by atoms with Crippen LogP contribution < -0.4 is 0 Å². The van der Waals surface area contributed by atoms with E-state index in [0.717, 1.165) is 16.2 Å². The maximum atomic E-state index is 2.94. The van der Waals surface area contributed by atoms with Crippen molar-refractivity contribution >= 4 is 0 Å². The van der Waals surface area contributed by atoms with E-state index in [1.54, 1.807) is 12.8 Å². The molecule has 4 unspecified atom stereocenters. The first kappa shape index (κ1) is 8.74. The van der Waals surface area contributed by atoms with Gasteiger partial charge in [0.15, 0.2) is 0 Å². The summed E-state index contributed by atoms with van der Waals surface area (Å²) >= 11 is 0. The predicted octanol–water partition coefficient (Wildman–Crippen LogP) is 3.14. The van der Waals surface area contributed by atoms with E-state index in [4.69, 9.17) is 0 Å². The van der Waals surface area contributed by atoms with E-state index in [-0.39, 0.29) is 0 Å². The summed E-state index contributed by atoms with van der Waals surface area (Å²) in [6.07, 6.45) is 3.52. The maximum Gasteiger partial charge on any atom is -0.0111 e. The lowest BCUT2D eigenvalue weighted by atomic mass is 9.49. The Balaban J connectivity index is 1.58. The van der Waals surface area contributed by atoms with Crippen LogP contribution in [-0.2, 0) is 0 Å². The summed E-state index contributed by atoms with van der Waals surface area (Å²) in [6, 6.07) is 0. The van der Waals surface area contributed by atoms with Gasteiger partial charge < -0.3 is 0 Å². The predicted molar refractivity (Wildman–Crippen MR) is 74.6 cm³/mol. The Hall–Kier alpha value is 0. The van der Waals surface area contributed by atoms with Gasteiger partial charge in [0.25, 0.3) is 0 Å². The number of rotatable bonds is 0. The monoisotopic (exact) mass is 274 g/mol. The van der Waals surface area contributed by atoms with Crippen LogP contribution in [0, 0.1) is 105 Å². The summed E-state index contributed by atoms with van der Waals surface area (Å²) in [6.45, 7) is 2.94. The van der Waals surface area contributed by atoms with Crippen LogP contribution in [0.5, 0.6) is 0 Å². The minimum Gasteiger partial charge on any atom is -0.0585 e. The molecule has 12 aliphatic carbocycles. The van der Waals surface area contributed by atoms with Crippen molar-refractivity contribution in [3.8, 4) is 0 Å². The van der Waals surface area contributed by atoms with Gasteiger partial charge in [0.2, 0.25) is 0 Å². The van der Waals surface area contributed by atoms with Crippen molar-refractivity contribution in [2.75, 3.05) is 0 Å². The minimum atomic E-state index is 0.898. The van der Waals surface area contributed by atoms with E-state index in [2.05, 4.69) is 6.92 Å². The van der Waals surface area contributed by atoms with Crippen molar-refractivity contribution in [2.45, 2.75) is 19.8 Å². The zero-order chi connectivity index (χ0) is 12.6. The van der Waals surface area contributed by atoms with Crippen LogP contribution in [0.3, 0.4) is 0 Å². The Morgan fingerprint density at radius 1 is 0.571 bits per heavy atom. The molecule has 0 aromatic heterocycles. The molecule has 0 N–H and O–H groups in total. The first-order valence-electron chi connectivity index (χ1n) is 10.3. The van der Waals surface area contributed by atoms with Crippen LogP contribution in [0.2, 0.25) is 0 Å². The molecule has 0 amide bonds. The Morgan fingerprint density at radius 3 is 1.67 bits per heavy atom. The van der Waals surface area contributed by atoms with Crippen LogP contribution in [0.15, 0.2) is 0 Å². The van der Waals surface area contributed by atoms with Gasteiger partial charge in [-0.25, -0.2) is 0 Å². The molecule has 12 aliphatic rings. The highest BCUT2D eigenvalue weighted by atomic mass is 15.1. The van der Waals surface area contributed by atoms with Gasteiger partial charge in [-0.15, -0.1) is 0 Å². The average molecular weight is 274 g/mol. The van der Waals surface area contributed by atoms with Crippen molar-refractivity contribution in [3.63, 3.8) is 0 Å². The zero-order valence-electron chi connectivity index (χ0n) is 12.6. The fourth-order valence-electron chi connectivity index (χ4n) is 16.8. The van der Waals surface area contributed by atoms with Crippen LogP contribution >= 0.6 is 0 Å². The average Bonchev–Trinajstić information content (AvgIpc) is 3.11. The molecule has 0 heteroatoms. The van der Waals surface area contributed by atoms with Crippen molar-refractivity contribution in [1.29, 1.82) is 0 Å². The first-order chi connectivity index (χ1) is 10.3. The summed E-state index contributed by atoms with van der Waals surface area (Å²) < 4.78 is 0. The zero-order valence-corrected chi connectivity index (χ0v) is 12.6. The van der Waals surface area contributed by atoms with Gasteiger partial charge in [-0.2, -0.15) is 0 Å². The lowest BCUT2D eigenvalue weighted by Crippen LogP contribution is -2.52. The van der Waals surface area contributed by atoms with Gasteiger partial charge in [0.1, 0.15) is 0 Å². The summed E-state index contributed by atoms with van der Waals surface area (Å²) in [5, 5.41) is 0. The van der Waals surface area contributed by atoms with Gasteiger partial charge >= 0.3 is 0 Å². The quantitative estimate of drug-likeness (QED) is 0.636. The van der Waals surface area contributed by atoms with Gasteiger partial charge in [-0.05, 0) is 118 Å². The van der Waals surface area contributed by atoms with Crippen LogP contribution in [0.4, 0.5) is 0 Å². The second-order valence-electron chi connectivity index (χ2n) is 12.2. The van der Waals surface area contributed by atoms with Crippen molar-refractivity contribution in [1.82, 2.24) is 0 Å². The highest BCUT2D eigenvalue weighted by Crippen LogP contribution is 3.13.